The Labute approximate surface area is 155 Å². The molecule has 1 aliphatic rings. The van der Waals surface area contributed by atoms with Gasteiger partial charge in [0.1, 0.15) is 25.8 Å². The third kappa shape index (κ3) is 4.65. The molecule has 0 aromatic heterocycles. The predicted octanol–water partition coefficient (Wildman–Crippen LogP) is 1.80. The molecule has 0 saturated carbocycles. The maximum Gasteiger partial charge on any atom is 0.161 e. The summed E-state index contributed by atoms with van der Waals surface area (Å²) in [7, 11) is 1.63. The lowest BCUT2D eigenvalue weighted by Crippen LogP contribution is -3.13. The average molecular weight is 354 g/mol. The summed E-state index contributed by atoms with van der Waals surface area (Å²) in [5.74, 6) is 1.36. The van der Waals surface area contributed by atoms with Crippen LogP contribution in [0.1, 0.15) is 16.7 Å². The first kappa shape index (κ1) is 18.5. The monoisotopic (exact) mass is 354 g/mol. The van der Waals surface area contributed by atoms with E-state index in [1.165, 1.54) is 16.0 Å². The molecular formula is C22H28NO3+. The van der Waals surface area contributed by atoms with Gasteiger partial charge in [0.15, 0.2) is 11.5 Å². The first-order chi connectivity index (χ1) is 12.7. The van der Waals surface area contributed by atoms with Gasteiger partial charge in [-0.15, -0.1) is 6.58 Å². The van der Waals surface area contributed by atoms with E-state index in [0.717, 1.165) is 31.5 Å². The number of nitrogens with one attached hydrogen (secondary N) is 1. The first-order valence-corrected chi connectivity index (χ1v) is 9.18. The van der Waals surface area contributed by atoms with Crippen LogP contribution in [0.4, 0.5) is 0 Å². The van der Waals surface area contributed by atoms with Gasteiger partial charge in [-0.1, -0.05) is 36.4 Å². The fourth-order valence-electron chi connectivity index (χ4n) is 3.52. The van der Waals surface area contributed by atoms with Crippen molar-refractivity contribution in [1.29, 1.82) is 0 Å². The summed E-state index contributed by atoms with van der Waals surface area (Å²) in [5.41, 5.74) is 3.95. The third-order valence-corrected chi connectivity index (χ3v) is 4.87. The molecule has 1 aliphatic heterocycles. The summed E-state index contributed by atoms with van der Waals surface area (Å²) in [6, 6.07) is 14.4. The van der Waals surface area contributed by atoms with Crippen LogP contribution in [0.3, 0.4) is 0 Å². The standard InChI is InChI=1S/C22H27NO3/c1-3-6-17-9-10-21(22(13-17)25-2)26-16-20(24)15-23-12-11-18-7-4-5-8-19(18)14-23/h3-5,7-10,13,20,24H,1,6,11-12,14-16H2,2H3/p+1/t20-/m1/s1. The summed E-state index contributed by atoms with van der Waals surface area (Å²) >= 11 is 0. The molecule has 138 valence electrons. The predicted molar refractivity (Wildman–Crippen MR) is 103 cm³/mol. The zero-order chi connectivity index (χ0) is 18.4. The van der Waals surface area contributed by atoms with Crippen molar-refractivity contribution in [3.63, 3.8) is 0 Å². The van der Waals surface area contributed by atoms with Gasteiger partial charge in [-0.3, -0.25) is 0 Å². The van der Waals surface area contributed by atoms with Crippen LogP contribution in [-0.2, 0) is 19.4 Å². The Kier molecular flexibility index (Phi) is 6.31. The summed E-state index contributed by atoms with van der Waals surface area (Å²) < 4.78 is 11.2. The molecule has 2 aromatic rings. The molecule has 4 heteroatoms. The van der Waals surface area contributed by atoms with Crippen LogP contribution >= 0.6 is 0 Å². The largest absolute Gasteiger partial charge is 0.493 e. The summed E-state index contributed by atoms with van der Waals surface area (Å²) in [6.07, 6.45) is 3.21. The number of methoxy groups -OCH3 is 1. The van der Waals surface area contributed by atoms with E-state index in [1.54, 1.807) is 7.11 Å². The van der Waals surface area contributed by atoms with Crippen molar-refractivity contribution < 1.29 is 19.5 Å². The summed E-state index contributed by atoms with van der Waals surface area (Å²) in [6.45, 7) is 6.72. The molecule has 4 nitrogen and oxygen atoms in total. The Bertz CT molecular complexity index is 744. The van der Waals surface area contributed by atoms with E-state index in [2.05, 4.69) is 30.8 Å². The van der Waals surface area contributed by atoms with Gasteiger partial charge in [0, 0.05) is 12.0 Å². The van der Waals surface area contributed by atoms with Crippen molar-refractivity contribution in [2.75, 3.05) is 26.8 Å². The highest BCUT2D eigenvalue weighted by atomic mass is 16.5. The van der Waals surface area contributed by atoms with Crippen LogP contribution in [0, 0.1) is 0 Å². The van der Waals surface area contributed by atoms with E-state index in [4.69, 9.17) is 9.47 Å². The molecule has 2 atom stereocenters. The number of ether oxygens (including phenoxy) is 2. The average Bonchev–Trinajstić information content (AvgIpc) is 2.67. The van der Waals surface area contributed by atoms with Crippen molar-refractivity contribution in [3.8, 4) is 11.5 Å². The molecule has 1 heterocycles. The van der Waals surface area contributed by atoms with Crippen LogP contribution in [-0.4, -0.2) is 38.0 Å². The normalized spacial score (nSPS) is 17.2. The summed E-state index contributed by atoms with van der Waals surface area (Å²) in [5, 5.41) is 10.4. The molecular weight excluding hydrogens is 326 g/mol. The van der Waals surface area contributed by atoms with Gasteiger partial charge in [-0.25, -0.2) is 0 Å². The number of allylic oxidation sites excluding steroid dienone is 1. The Morgan fingerprint density at radius 3 is 2.77 bits per heavy atom. The van der Waals surface area contributed by atoms with Gasteiger partial charge in [0.25, 0.3) is 0 Å². The summed E-state index contributed by atoms with van der Waals surface area (Å²) in [4.78, 5) is 1.40. The van der Waals surface area contributed by atoms with Gasteiger partial charge in [0.2, 0.25) is 0 Å². The Morgan fingerprint density at radius 1 is 1.19 bits per heavy atom. The Morgan fingerprint density at radius 2 is 2.00 bits per heavy atom. The lowest BCUT2D eigenvalue weighted by molar-refractivity contribution is -0.918. The van der Waals surface area contributed by atoms with E-state index in [9.17, 15) is 5.11 Å². The van der Waals surface area contributed by atoms with Crippen molar-refractivity contribution in [2.45, 2.75) is 25.5 Å². The SMILES string of the molecule is C=CCc1ccc(OC[C@H](O)C[NH+]2CCc3ccccc3C2)c(OC)c1. The highest BCUT2D eigenvalue weighted by Crippen LogP contribution is 2.28. The third-order valence-electron chi connectivity index (χ3n) is 4.87. The highest BCUT2D eigenvalue weighted by molar-refractivity contribution is 5.43. The number of aliphatic hydroxyl groups excluding tert-OH is 1. The maximum absolute atomic E-state index is 10.4. The smallest absolute Gasteiger partial charge is 0.161 e. The number of hydrogen-bond donors (Lipinski definition) is 2. The number of benzene rings is 2. The fourth-order valence-corrected chi connectivity index (χ4v) is 3.52. The quantitative estimate of drug-likeness (QED) is 0.711. The molecule has 0 amide bonds. The van der Waals surface area contributed by atoms with Gasteiger partial charge >= 0.3 is 0 Å². The molecule has 0 aliphatic carbocycles. The Balaban J connectivity index is 1.53. The number of fused-ring (bicyclic) bond motifs is 1. The second kappa shape index (κ2) is 8.88. The van der Waals surface area contributed by atoms with Crippen molar-refractivity contribution in [2.24, 2.45) is 0 Å². The Hall–Kier alpha value is -2.30. The molecule has 0 bridgehead atoms. The second-order valence-corrected chi connectivity index (χ2v) is 6.84. The van der Waals surface area contributed by atoms with E-state index >= 15 is 0 Å². The van der Waals surface area contributed by atoms with E-state index < -0.39 is 6.10 Å². The molecule has 0 spiro atoms. The van der Waals surface area contributed by atoms with E-state index in [-0.39, 0.29) is 6.61 Å². The minimum absolute atomic E-state index is 0.266. The fraction of sp³-hybridized carbons (Fsp3) is 0.364. The van der Waals surface area contributed by atoms with E-state index in [0.29, 0.717) is 18.0 Å². The molecule has 2 N–H and O–H groups in total. The minimum atomic E-state index is -0.507. The van der Waals surface area contributed by atoms with Crippen LogP contribution in [0.15, 0.2) is 55.1 Å². The van der Waals surface area contributed by atoms with Gasteiger partial charge < -0.3 is 19.5 Å². The van der Waals surface area contributed by atoms with E-state index in [1.807, 2.05) is 24.3 Å². The maximum atomic E-state index is 10.4. The minimum Gasteiger partial charge on any atom is -0.493 e. The highest BCUT2D eigenvalue weighted by Gasteiger charge is 2.22. The van der Waals surface area contributed by atoms with Gasteiger partial charge in [-0.2, -0.15) is 0 Å². The molecule has 0 radical (unpaired) electrons. The molecule has 0 saturated heterocycles. The van der Waals surface area contributed by atoms with Crippen LogP contribution in [0.5, 0.6) is 11.5 Å². The van der Waals surface area contributed by atoms with Gasteiger partial charge in [0.05, 0.1) is 13.7 Å². The molecule has 0 fully saturated rings. The molecule has 3 rings (SSSR count). The second-order valence-electron chi connectivity index (χ2n) is 6.84. The topological polar surface area (TPSA) is 43.1 Å². The number of rotatable bonds is 8. The van der Waals surface area contributed by atoms with Crippen molar-refractivity contribution in [1.82, 2.24) is 0 Å². The van der Waals surface area contributed by atoms with Gasteiger partial charge in [-0.05, 0) is 29.7 Å². The van der Waals surface area contributed by atoms with Crippen LogP contribution in [0.2, 0.25) is 0 Å². The van der Waals surface area contributed by atoms with Crippen molar-refractivity contribution >= 4 is 0 Å². The number of quaternary nitrogens is 1. The van der Waals surface area contributed by atoms with Crippen LogP contribution in [0.25, 0.3) is 0 Å². The van der Waals surface area contributed by atoms with Crippen LogP contribution < -0.4 is 14.4 Å². The lowest BCUT2D eigenvalue weighted by Gasteiger charge is -2.27. The molecule has 1 unspecified atom stereocenters. The first-order valence-electron chi connectivity index (χ1n) is 9.18. The lowest BCUT2D eigenvalue weighted by atomic mass is 10.00. The van der Waals surface area contributed by atoms with Crippen molar-refractivity contribution in [3.05, 3.63) is 71.8 Å². The molecule has 26 heavy (non-hydrogen) atoms. The number of aliphatic hydroxyl groups is 1. The molecule has 2 aromatic carbocycles. The zero-order valence-electron chi connectivity index (χ0n) is 15.4. The number of hydrogen-bond acceptors (Lipinski definition) is 3. The zero-order valence-corrected chi connectivity index (χ0v) is 15.4.